The van der Waals surface area contributed by atoms with Crippen LogP contribution in [-0.4, -0.2) is 11.7 Å². The van der Waals surface area contributed by atoms with Gasteiger partial charge in [0.25, 0.3) is 0 Å². The SMILES string of the molecule is O=C(CCSc1ccc(F)cc1)Nc1cccc(F)c1. The lowest BCUT2D eigenvalue weighted by Crippen LogP contribution is -2.12. The molecule has 2 nitrogen and oxygen atoms in total. The van der Waals surface area contributed by atoms with Crippen molar-refractivity contribution in [2.24, 2.45) is 0 Å². The van der Waals surface area contributed by atoms with Crippen LogP contribution in [0, 0.1) is 11.6 Å². The summed E-state index contributed by atoms with van der Waals surface area (Å²) in [6.07, 6.45) is 0.304. The van der Waals surface area contributed by atoms with Crippen molar-refractivity contribution in [2.45, 2.75) is 11.3 Å². The number of carbonyl (C=O) groups excluding carboxylic acids is 1. The summed E-state index contributed by atoms with van der Waals surface area (Å²) in [5.41, 5.74) is 0.446. The van der Waals surface area contributed by atoms with E-state index in [4.69, 9.17) is 0 Å². The normalized spacial score (nSPS) is 10.3. The van der Waals surface area contributed by atoms with Gasteiger partial charge in [-0.05, 0) is 42.5 Å². The summed E-state index contributed by atoms with van der Waals surface area (Å²) < 4.78 is 25.6. The van der Waals surface area contributed by atoms with Crippen LogP contribution in [0.3, 0.4) is 0 Å². The summed E-state index contributed by atoms with van der Waals surface area (Å²) in [4.78, 5) is 12.6. The number of hydrogen-bond donors (Lipinski definition) is 1. The van der Waals surface area contributed by atoms with Gasteiger partial charge >= 0.3 is 0 Å². The van der Waals surface area contributed by atoms with Crippen molar-refractivity contribution in [3.63, 3.8) is 0 Å². The highest BCUT2D eigenvalue weighted by molar-refractivity contribution is 7.99. The Labute approximate surface area is 120 Å². The molecule has 0 saturated carbocycles. The summed E-state index contributed by atoms with van der Waals surface area (Å²) in [6.45, 7) is 0. The van der Waals surface area contributed by atoms with Gasteiger partial charge in [0.1, 0.15) is 11.6 Å². The Hall–Kier alpha value is -1.88. The molecule has 0 unspecified atom stereocenters. The summed E-state index contributed by atoms with van der Waals surface area (Å²) >= 11 is 1.47. The van der Waals surface area contributed by atoms with E-state index in [1.807, 2.05) is 0 Å². The Morgan fingerprint density at radius 2 is 1.80 bits per heavy atom. The molecule has 0 aliphatic carbocycles. The maximum absolute atomic E-state index is 12.9. The highest BCUT2D eigenvalue weighted by Gasteiger charge is 2.04. The summed E-state index contributed by atoms with van der Waals surface area (Å²) in [5.74, 6) is -0.265. The number of carbonyl (C=O) groups is 1. The van der Waals surface area contributed by atoms with E-state index < -0.39 is 0 Å². The fourth-order valence-electron chi connectivity index (χ4n) is 1.58. The molecular formula is C15H13F2NOS. The lowest BCUT2D eigenvalue weighted by Gasteiger charge is -2.05. The highest BCUT2D eigenvalue weighted by Crippen LogP contribution is 2.19. The third-order valence-corrected chi connectivity index (χ3v) is 3.53. The zero-order chi connectivity index (χ0) is 14.4. The number of benzene rings is 2. The van der Waals surface area contributed by atoms with Crippen molar-refractivity contribution in [1.29, 1.82) is 0 Å². The van der Waals surface area contributed by atoms with Gasteiger partial charge in [-0.3, -0.25) is 4.79 Å². The molecule has 0 heterocycles. The first-order chi connectivity index (χ1) is 9.63. The van der Waals surface area contributed by atoms with Gasteiger partial charge in [-0.25, -0.2) is 8.78 Å². The van der Waals surface area contributed by atoms with E-state index in [0.717, 1.165) is 4.90 Å². The zero-order valence-electron chi connectivity index (χ0n) is 10.6. The monoisotopic (exact) mass is 293 g/mol. The molecular weight excluding hydrogens is 280 g/mol. The molecule has 0 aromatic heterocycles. The van der Waals surface area contributed by atoms with Crippen molar-refractivity contribution in [2.75, 3.05) is 11.1 Å². The number of amides is 1. The van der Waals surface area contributed by atoms with Gasteiger partial charge in [-0.15, -0.1) is 11.8 Å². The van der Waals surface area contributed by atoms with Crippen molar-refractivity contribution in [1.82, 2.24) is 0 Å². The number of anilines is 1. The van der Waals surface area contributed by atoms with Crippen LogP contribution in [0.25, 0.3) is 0 Å². The van der Waals surface area contributed by atoms with Crippen LogP contribution in [0.1, 0.15) is 6.42 Å². The molecule has 0 aliphatic heterocycles. The molecule has 104 valence electrons. The molecule has 0 radical (unpaired) electrons. The fourth-order valence-corrected chi connectivity index (χ4v) is 2.43. The van der Waals surface area contributed by atoms with Gasteiger partial charge < -0.3 is 5.32 Å². The quantitative estimate of drug-likeness (QED) is 0.841. The van der Waals surface area contributed by atoms with Crippen LogP contribution < -0.4 is 5.32 Å². The number of halogens is 2. The van der Waals surface area contributed by atoms with E-state index in [9.17, 15) is 13.6 Å². The van der Waals surface area contributed by atoms with Crippen LogP contribution in [0.15, 0.2) is 53.4 Å². The molecule has 2 aromatic carbocycles. The minimum absolute atomic E-state index is 0.176. The summed E-state index contributed by atoms with van der Waals surface area (Å²) in [7, 11) is 0. The van der Waals surface area contributed by atoms with Crippen molar-refractivity contribution < 1.29 is 13.6 Å². The minimum Gasteiger partial charge on any atom is -0.326 e. The highest BCUT2D eigenvalue weighted by atomic mass is 32.2. The predicted octanol–water partition coefficient (Wildman–Crippen LogP) is 4.09. The van der Waals surface area contributed by atoms with Crippen molar-refractivity contribution in [3.05, 3.63) is 60.2 Å². The molecule has 2 aromatic rings. The van der Waals surface area contributed by atoms with E-state index >= 15 is 0 Å². The number of rotatable bonds is 5. The molecule has 0 fully saturated rings. The van der Waals surface area contributed by atoms with E-state index in [-0.39, 0.29) is 17.5 Å². The second-order valence-corrected chi connectivity index (χ2v) is 5.28. The Morgan fingerprint density at radius 1 is 1.05 bits per heavy atom. The molecule has 1 N–H and O–H groups in total. The summed E-state index contributed by atoms with van der Waals surface area (Å²) in [5, 5.41) is 2.63. The van der Waals surface area contributed by atoms with E-state index in [2.05, 4.69) is 5.32 Å². The molecule has 20 heavy (non-hydrogen) atoms. The lowest BCUT2D eigenvalue weighted by molar-refractivity contribution is -0.115. The van der Waals surface area contributed by atoms with E-state index in [0.29, 0.717) is 17.9 Å². The number of hydrogen-bond acceptors (Lipinski definition) is 2. The molecule has 5 heteroatoms. The Bertz CT molecular complexity index is 587. The van der Waals surface area contributed by atoms with Gasteiger partial charge in [0, 0.05) is 22.8 Å². The third kappa shape index (κ3) is 4.66. The Kier molecular flexibility index (Phi) is 5.12. The zero-order valence-corrected chi connectivity index (χ0v) is 11.4. The first-order valence-corrected chi connectivity index (χ1v) is 7.06. The molecule has 0 saturated heterocycles. The predicted molar refractivity (Wildman–Crippen MR) is 76.8 cm³/mol. The summed E-state index contributed by atoms with van der Waals surface area (Å²) in [6, 6.07) is 11.9. The van der Waals surface area contributed by atoms with Crippen LogP contribution in [0.4, 0.5) is 14.5 Å². The maximum atomic E-state index is 12.9. The maximum Gasteiger partial charge on any atom is 0.225 e. The van der Waals surface area contributed by atoms with Crippen LogP contribution in [-0.2, 0) is 4.79 Å². The standard InChI is InChI=1S/C15H13F2NOS/c16-11-4-6-14(7-5-11)20-9-8-15(19)18-13-3-1-2-12(17)10-13/h1-7,10H,8-9H2,(H,18,19). The Balaban J connectivity index is 1.76. The first-order valence-electron chi connectivity index (χ1n) is 6.07. The second-order valence-electron chi connectivity index (χ2n) is 4.11. The second kappa shape index (κ2) is 7.05. The number of thioether (sulfide) groups is 1. The smallest absolute Gasteiger partial charge is 0.225 e. The molecule has 1 amide bonds. The minimum atomic E-state index is -0.386. The molecule has 2 rings (SSSR count). The van der Waals surface area contributed by atoms with Gasteiger partial charge in [0.2, 0.25) is 5.91 Å². The van der Waals surface area contributed by atoms with Crippen molar-refractivity contribution >= 4 is 23.4 Å². The van der Waals surface area contributed by atoms with Crippen molar-refractivity contribution in [3.8, 4) is 0 Å². The van der Waals surface area contributed by atoms with Crippen LogP contribution >= 0.6 is 11.8 Å². The third-order valence-electron chi connectivity index (χ3n) is 2.52. The van der Waals surface area contributed by atoms with E-state index in [1.165, 1.54) is 42.1 Å². The molecule has 0 bridgehead atoms. The Morgan fingerprint density at radius 3 is 2.50 bits per heavy atom. The van der Waals surface area contributed by atoms with Crippen LogP contribution in [0.2, 0.25) is 0 Å². The number of nitrogens with one attached hydrogen (secondary N) is 1. The van der Waals surface area contributed by atoms with Crippen LogP contribution in [0.5, 0.6) is 0 Å². The fraction of sp³-hybridized carbons (Fsp3) is 0.133. The lowest BCUT2D eigenvalue weighted by atomic mass is 10.3. The largest absolute Gasteiger partial charge is 0.326 e. The molecule has 0 aliphatic rings. The molecule has 0 atom stereocenters. The van der Waals surface area contributed by atoms with Gasteiger partial charge in [-0.2, -0.15) is 0 Å². The van der Waals surface area contributed by atoms with Gasteiger partial charge in [-0.1, -0.05) is 6.07 Å². The topological polar surface area (TPSA) is 29.1 Å². The molecule has 0 spiro atoms. The van der Waals surface area contributed by atoms with E-state index in [1.54, 1.807) is 18.2 Å². The van der Waals surface area contributed by atoms with Gasteiger partial charge in [0.05, 0.1) is 0 Å². The average molecular weight is 293 g/mol. The average Bonchev–Trinajstić information content (AvgIpc) is 2.41. The van der Waals surface area contributed by atoms with Gasteiger partial charge in [0.15, 0.2) is 0 Å². The first kappa shape index (κ1) is 14.5.